The van der Waals surface area contributed by atoms with E-state index in [9.17, 15) is 9.50 Å². The van der Waals surface area contributed by atoms with Crippen LogP contribution in [-0.2, 0) is 6.54 Å². The second kappa shape index (κ2) is 8.92. The quantitative estimate of drug-likeness (QED) is 0.372. The zero-order valence-corrected chi connectivity index (χ0v) is 18.2. The number of hydrogen-bond donors (Lipinski definition) is 1. The van der Waals surface area contributed by atoms with Gasteiger partial charge in [-0.25, -0.2) is 9.37 Å². The molecule has 0 aliphatic rings. The SMILES string of the molecule is Cc1ccc(-c2nc3nn(CCCO)cc3c(-c3ccc(F)cc3)c2-c2ccncc2)cc1. The van der Waals surface area contributed by atoms with E-state index in [0.717, 1.165) is 44.5 Å². The van der Waals surface area contributed by atoms with Crippen LogP contribution < -0.4 is 0 Å². The topological polar surface area (TPSA) is 63.8 Å². The number of aromatic nitrogens is 4. The molecule has 2 aromatic carbocycles. The zero-order valence-electron chi connectivity index (χ0n) is 18.2. The van der Waals surface area contributed by atoms with E-state index in [1.54, 1.807) is 24.5 Å². The van der Waals surface area contributed by atoms with Gasteiger partial charge in [-0.2, -0.15) is 5.10 Å². The van der Waals surface area contributed by atoms with Gasteiger partial charge in [-0.1, -0.05) is 42.0 Å². The molecule has 6 heteroatoms. The number of nitrogens with zero attached hydrogens (tertiary/aromatic N) is 4. The third kappa shape index (κ3) is 4.13. The van der Waals surface area contributed by atoms with Crippen LogP contribution in [0, 0.1) is 12.7 Å². The predicted octanol–water partition coefficient (Wildman–Crippen LogP) is 5.66. The monoisotopic (exact) mass is 438 g/mol. The van der Waals surface area contributed by atoms with E-state index in [4.69, 9.17) is 10.1 Å². The third-order valence-electron chi connectivity index (χ3n) is 5.69. The Morgan fingerprint density at radius 1 is 0.848 bits per heavy atom. The standard InChI is InChI=1S/C27H23FN4O/c1-18-3-5-21(6-4-18)26-25(20-11-13-29-14-12-20)24(19-7-9-22(28)10-8-19)23-17-32(15-2-16-33)31-27(23)30-26/h3-14,17,33H,2,15-16H2,1H3. The van der Waals surface area contributed by atoms with Gasteiger partial charge in [0, 0.05) is 53.8 Å². The van der Waals surface area contributed by atoms with Crippen molar-refractivity contribution in [2.45, 2.75) is 19.9 Å². The van der Waals surface area contributed by atoms with Crippen molar-refractivity contribution < 1.29 is 9.50 Å². The van der Waals surface area contributed by atoms with Crippen LogP contribution >= 0.6 is 0 Å². The number of aryl methyl sites for hydroxylation is 2. The van der Waals surface area contributed by atoms with Crippen molar-refractivity contribution in [3.8, 4) is 33.5 Å². The van der Waals surface area contributed by atoms with Crippen LogP contribution in [0.3, 0.4) is 0 Å². The van der Waals surface area contributed by atoms with Crippen LogP contribution in [0.5, 0.6) is 0 Å². The summed E-state index contributed by atoms with van der Waals surface area (Å²) in [6, 6.07) is 18.7. The largest absolute Gasteiger partial charge is 0.396 e. The average Bonchev–Trinajstić information content (AvgIpc) is 3.26. The van der Waals surface area contributed by atoms with Crippen molar-refractivity contribution >= 4 is 11.0 Å². The van der Waals surface area contributed by atoms with E-state index in [1.165, 1.54) is 12.1 Å². The molecular formula is C27H23FN4O. The van der Waals surface area contributed by atoms with Crippen molar-refractivity contribution in [2.75, 3.05) is 6.61 Å². The fourth-order valence-corrected chi connectivity index (χ4v) is 4.07. The molecule has 0 aliphatic carbocycles. The number of halogens is 1. The van der Waals surface area contributed by atoms with Crippen LogP contribution in [0.25, 0.3) is 44.5 Å². The second-order valence-corrected chi connectivity index (χ2v) is 8.03. The Bertz CT molecular complexity index is 1390. The highest BCUT2D eigenvalue weighted by molar-refractivity contribution is 6.05. The first kappa shape index (κ1) is 21.0. The molecule has 0 fully saturated rings. The summed E-state index contributed by atoms with van der Waals surface area (Å²) in [7, 11) is 0. The third-order valence-corrected chi connectivity index (χ3v) is 5.69. The molecule has 5 nitrogen and oxygen atoms in total. The molecule has 5 aromatic rings. The lowest BCUT2D eigenvalue weighted by molar-refractivity contribution is 0.277. The summed E-state index contributed by atoms with van der Waals surface area (Å²) in [5.41, 5.74) is 7.29. The lowest BCUT2D eigenvalue weighted by atomic mass is 9.89. The molecular weight excluding hydrogens is 415 g/mol. The number of rotatable bonds is 6. The Morgan fingerprint density at radius 2 is 1.52 bits per heavy atom. The summed E-state index contributed by atoms with van der Waals surface area (Å²) >= 11 is 0. The molecule has 33 heavy (non-hydrogen) atoms. The molecule has 0 amide bonds. The summed E-state index contributed by atoms with van der Waals surface area (Å²) in [6.45, 7) is 2.72. The van der Waals surface area contributed by atoms with Gasteiger partial charge in [0.25, 0.3) is 0 Å². The second-order valence-electron chi connectivity index (χ2n) is 8.03. The first-order valence-electron chi connectivity index (χ1n) is 10.9. The minimum Gasteiger partial charge on any atom is -0.396 e. The zero-order chi connectivity index (χ0) is 22.8. The molecule has 1 N–H and O–H groups in total. The molecule has 3 aromatic heterocycles. The van der Waals surface area contributed by atoms with Crippen molar-refractivity contribution in [1.82, 2.24) is 19.7 Å². The molecule has 0 saturated heterocycles. The molecule has 164 valence electrons. The molecule has 0 aliphatic heterocycles. The van der Waals surface area contributed by atoms with Gasteiger partial charge in [-0.05, 0) is 48.7 Å². The maximum Gasteiger partial charge on any atom is 0.182 e. The summed E-state index contributed by atoms with van der Waals surface area (Å²) < 4.78 is 15.6. The first-order chi connectivity index (χ1) is 16.1. The van der Waals surface area contributed by atoms with Crippen molar-refractivity contribution in [3.05, 3.63) is 90.6 Å². The van der Waals surface area contributed by atoms with E-state index in [1.807, 2.05) is 23.0 Å². The smallest absolute Gasteiger partial charge is 0.182 e. The van der Waals surface area contributed by atoms with Gasteiger partial charge < -0.3 is 5.11 Å². The van der Waals surface area contributed by atoms with Crippen LogP contribution in [0.15, 0.2) is 79.3 Å². The lowest BCUT2D eigenvalue weighted by Gasteiger charge is -2.16. The van der Waals surface area contributed by atoms with Gasteiger partial charge in [0.1, 0.15) is 5.82 Å². The van der Waals surface area contributed by atoms with Gasteiger partial charge in [0.05, 0.1) is 5.69 Å². The Hall–Kier alpha value is -3.90. The van der Waals surface area contributed by atoms with Crippen LogP contribution in [0.1, 0.15) is 12.0 Å². The van der Waals surface area contributed by atoms with E-state index < -0.39 is 0 Å². The lowest BCUT2D eigenvalue weighted by Crippen LogP contribution is -2.00. The summed E-state index contributed by atoms with van der Waals surface area (Å²) in [5.74, 6) is -0.285. The van der Waals surface area contributed by atoms with Crippen molar-refractivity contribution in [1.29, 1.82) is 0 Å². The van der Waals surface area contributed by atoms with E-state index >= 15 is 0 Å². The Morgan fingerprint density at radius 3 is 2.21 bits per heavy atom. The maximum absolute atomic E-state index is 13.8. The van der Waals surface area contributed by atoms with Gasteiger partial charge in [0.15, 0.2) is 5.65 Å². The highest BCUT2D eigenvalue weighted by atomic mass is 19.1. The highest BCUT2D eigenvalue weighted by Crippen LogP contribution is 2.42. The number of pyridine rings is 2. The first-order valence-corrected chi connectivity index (χ1v) is 10.9. The molecule has 5 rings (SSSR count). The number of fused-ring (bicyclic) bond motifs is 1. The highest BCUT2D eigenvalue weighted by Gasteiger charge is 2.21. The number of benzene rings is 2. The van der Waals surface area contributed by atoms with E-state index in [0.29, 0.717) is 18.6 Å². The fraction of sp³-hybridized carbons (Fsp3) is 0.148. The van der Waals surface area contributed by atoms with Gasteiger partial charge in [0.2, 0.25) is 0 Å². The fourth-order valence-electron chi connectivity index (χ4n) is 4.07. The minimum atomic E-state index is -0.285. The summed E-state index contributed by atoms with van der Waals surface area (Å²) in [6.07, 6.45) is 6.08. The van der Waals surface area contributed by atoms with E-state index in [2.05, 4.69) is 36.2 Å². The normalized spacial score (nSPS) is 11.2. The number of aliphatic hydroxyl groups excluding tert-OH is 1. The van der Waals surface area contributed by atoms with E-state index in [-0.39, 0.29) is 12.4 Å². The Balaban J connectivity index is 1.88. The van der Waals surface area contributed by atoms with Crippen LogP contribution in [0.2, 0.25) is 0 Å². The Kier molecular flexibility index (Phi) is 5.67. The van der Waals surface area contributed by atoms with Gasteiger partial charge in [-0.3, -0.25) is 9.67 Å². The van der Waals surface area contributed by atoms with Gasteiger partial charge in [-0.15, -0.1) is 0 Å². The molecule has 0 unspecified atom stereocenters. The molecule has 0 atom stereocenters. The van der Waals surface area contributed by atoms with Gasteiger partial charge >= 0.3 is 0 Å². The average molecular weight is 439 g/mol. The molecule has 0 saturated carbocycles. The molecule has 0 radical (unpaired) electrons. The minimum absolute atomic E-state index is 0.0886. The van der Waals surface area contributed by atoms with Crippen molar-refractivity contribution in [2.24, 2.45) is 0 Å². The maximum atomic E-state index is 13.8. The number of aliphatic hydroxyl groups is 1. The number of hydrogen-bond acceptors (Lipinski definition) is 4. The molecule has 0 spiro atoms. The van der Waals surface area contributed by atoms with Crippen molar-refractivity contribution in [3.63, 3.8) is 0 Å². The molecule has 3 heterocycles. The van der Waals surface area contributed by atoms with Crippen LogP contribution in [0.4, 0.5) is 4.39 Å². The summed E-state index contributed by atoms with van der Waals surface area (Å²) in [4.78, 5) is 9.18. The van der Waals surface area contributed by atoms with Crippen LogP contribution in [-0.4, -0.2) is 31.5 Å². The summed E-state index contributed by atoms with van der Waals surface area (Å²) in [5, 5.41) is 14.8. The Labute approximate surface area is 191 Å². The predicted molar refractivity (Wildman–Crippen MR) is 128 cm³/mol. The molecule has 0 bridgehead atoms.